The van der Waals surface area contributed by atoms with Gasteiger partial charge >= 0.3 is 17.2 Å². The molecule has 1 fully saturated rings. The van der Waals surface area contributed by atoms with E-state index < -0.39 is 81.1 Å². The molecule has 2 aliphatic heterocycles. The van der Waals surface area contributed by atoms with Crippen LogP contribution >= 0.6 is 39.0 Å². The number of thiazole rings is 1. The number of rotatable bonds is 5. The van der Waals surface area contributed by atoms with Crippen LogP contribution in [0.2, 0.25) is 0 Å². The van der Waals surface area contributed by atoms with E-state index >= 15 is 0 Å². The normalized spacial score (nSPS) is 19.6. The fourth-order valence-corrected chi connectivity index (χ4v) is 8.82. The van der Waals surface area contributed by atoms with E-state index in [2.05, 4.69) is 21.2 Å². The van der Waals surface area contributed by atoms with Crippen molar-refractivity contribution >= 4 is 68.1 Å². The van der Waals surface area contributed by atoms with Gasteiger partial charge in [-0.1, -0.05) is 75.4 Å². The molecule has 2 aliphatic rings. The molecule has 0 spiro atoms. The number of nitrogens with zero attached hydrogens (tertiary/aromatic N) is 2. The number of hydrogen-bond donors (Lipinski definition) is 1. The van der Waals surface area contributed by atoms with Crippen LogP contribution in [-0.2, 0) is 33.3 Å². The summed E-state index contributed by atoms with van der Waals surface area (Å²) in [6.45, 7) is -0.727. The lowest BCUT2D eigenvalue weighted by Crippen LogP contribution is -2.33. The Morgan fingerprint density at radius 1 is 0.848 bits per heavy atom. The van der Waals surface area contributed by atoms with Gasteiger partial charge in [-0.05, 0) is 42.0 Å². The fourth-order valence-electron chi connectivity index (χ4n) is 5.63. The van der Waals surface area contributed by atoms with Crippen LogP contribution in [0.4, 0.5) is 37.7 Å². The number of fused-ring (bicyclic) bond motifs is 2. The molecule has 1 N–H and O–H groups in total. The second kappa shape index (κ2) is 11.7. The van der Waals surface area contributed by atoms with E-state index in [0.29, 0.717) is 31.2 Å². The Hall–Kier alpha value is -3.89. The summed E-state index contributed by atoms with van der Waals surface area (Å²) >= 11 is 4.82. The molecule has 16 heteroatoms. The molecule has 0 bridgehead atoms. The number of aromatic nitrogens is 1. The molecule has 6 rings (SSSR count). The van der Waals surface area contributed by atoms with Gasteiger partial charge in [-0.2, -0.15) is 26.3 Å². The first-order valence-corrected chi connectivity index (χ1v) is 15.8. The fraction of sp³-hybridized carbons (Fsp3) is 0.200. The van der Waals surface area contributed by atoms with Crippen molar-refractivity contribution in [3.05, 3.63) is 109 Å². The van der Waals surface area contributed by atoms with Gasteiger partial charge < -0.3 is 5.32 Å². The van der Waals surface area contributed by atoms with Gasteiger partial charge in [-0.3, -0.25) is 23.7 Å². The number of carbonyl (C=O) groups is 3. The third-order valence-electron chi connectivity index (χ3n) is 7.52. The standard InChI is InChI=1S/C30H18BrF6N3O4S2/c31-15-7-5-6-14(12-15)21-22-23(26(43)40(25(22)42)19-11-4-2-9-17(19)30(35,36)37)45-27-24(21)46-28(44)39(27)13-20(41)38-18-10-3-1-8-16(18)29(32,33)34/h1-12,21-23H,13H2,(H,38,41)/t21-,22?,23?/m1/s1. The number of amides is 3. The Balaban J connectivity index is 1.42. The molecule has 1 aromatic heterocycles. The van der Waals surface area contributed by atoms with Crippen LogP contribution < -0.4 is 15.1 Å². The van der Waals surface area contributed by atoms with E-state index in [1.165, 1.54) is 12.1 Å². The SMILES string of the molecule is O=C(Cn1c2c(sc1=O)[C@H](c1cccc(Br)c1)C1C(=O)N(c3ccccc3C(F)(F)F)C(=O)C1S2)Nc1ccccc1C(F)(F)F. The molecular weight excluding hydrogens is 724 g/mol. The topological polar surface area (TPSA) is 88.5 Å². The predicted molar refractivity (Wildman–Crippen MR) is 162 cm³/mol. The Morgan fingerprint density at radius 3 is 2.17 bits per heavy atom. The van der Waals surface area contributed by atoms with Gasteiger partial charge in [-0.15, -0.1) is 0 Å². The molecule has 46 heavy (non-hydrogen) atoms. The number of halogens is 7. The molecule has 0 radical (unpaired) electrons. The third kappa shape index (κ3) is 5.66. The van der Waals surface area contributed by atoms with Crippen LogP contribution in [0, 0.1) is 5.92 Å². The maximum absolute atomic E-state index is 14.0. The lowest BCUT2D eigenvalue weighted by atomic mass is 9.83. The van der Waals surface area contributed by atoms with Crippen molar-refractivity contribution in [3.8, 4) is 0 Å². The molecule has 0 aliphatic carbocycles. The van der Waals surface area contributed by atoms with E-state index in [0.717, 1.165) is 52.7 Å². The van der Waals surface area contributed by atoms with Crippen LogP contribution in [0.25, 0.3) is 0 Å². The highest BCUT2D eigenvalue weighted by Crippen LogP contribution is 2.54. The van der Waals surface area contributed by atoms with E-state index in [1.54, 1.807) is 24.3 Å². The second-order valence-electron chi connectivity index (χ2n) is 10.3. The van der Waals surface area contributed by atoms with Crippen LogP contribution in [-0.4, -0.2) is 27.5 Å². The van der Waals surface area contributed by atoms with Gasteiger partial charge in [0, 0.05) is 15.3 Å². The van der Waals surface area contributed by atoms with Crippen molar-refractivity contribution in [2.24, 2.45) is 5.92 Å². The first kappa shape index (κ1) is 32.1. The highest BCUT2D eigenvalue weighted by molar-refractivity contribution is 9.10. The van der Waals surface area contributed by atoms with Crippen LogP contribution in [0.5, 0.6) is 0 Å². The van der Waals surface area contributed by atoms with E-state index in [-0.39, 0.29) is 5.03 Å². The molecule has 0 saturated carbocycles. The maximum Gasteiger partial charge on any atom is 0.418 e. The van der Waals surface area contributed by atoms with Gasteiger partial charge in [0.25, 0.3) is 0 Å². The minimum Gasteiger partial charge on any atom is -0.324 e. The summed E-state index contributed by atoms with van der Waals surface area (Å²) in [4.78, 5) is 54.3. The van der Waals surface area contributed by atoms with Gasteiger partial charge in [0.2, 0.25) is 17.7 Å². The molecule has 3 heterocycles. The number of hydrogen-bond acceptors (Lipinski definition) is 6. The lowest BCUT2D eigenvalue weighted by molar-refractivity contribution is -0.138. The van der Waals surface area contributed by atoms with Crippen molar-refractivity contribution in [1.82, 2.24) is 4.57 Å². The van der Waals surface area contributed by atoms with Crippen molar-refractivity contribution in [2.45, 2.75) is 35.1 Å². The Labute approximate surface area is 272 Å². The maximum atomic E-state index is 14.0. The number of carbonyl (C=O) groups excluding carboxylic acids is 3. The monoisotopic (exact) mass is 741 g/mol. The zero-order valence-corrected chi connectivity index (χ0v) is 26.1. The predicted octanol–water partition coefficient (Wildman–Crippen LogP) is 7.14. The third-order valence-corrected chi connectivity index (χ3v) is 10.6. The Kier molecular flexibility index (Phi) is 8.17. The number of thioether (sulfide) groups is 1. The highest BCUT2D eigenvalue weighted by atomic mass is 79.9. The zero-order chi connectivity index (χ0) is 33.1. The van der Waals surface area contributed by atoms with Crippen molar-refractivity contribution in [1.29, 1.82) is 0 Å². The van der Waals surface area contributed by atoms with Crippen LogP contribution in [0.3, 0.4) is 0 Å². The summed E-state index contributed by atoms with van der Waals surface area (Å²) in [6.07, 6.45) is -9.64. The van der Waals surface area contributed by atoms with Crippen molar-refractivity contribution < 1.29 is 40.7 Å². The number of para-hydroxylation sites is 2. The first-order valence-electron chi connectivity index (χ1n) is 13.3. The summed E-state index contributed by atoms with van der Waals surface area (Å²) in [5.74, 6) is -4.96. The summed E-state index contributed by atoms with van der Waals surface area (Å²) in [6, 6.07) is 15.2. The summed E-state index contributed by atoms with van der Waals surface area (Å²) in [5.41, 5.74) is -2.94. The summed E-state index contributed by atoms with van der Waals surface area (Å²) < 4.78 is 83.9. The van der Waals surface area contributed by atoms with Crippen LogP contribution in [0.15, 0.2) is 87.1 Å². The number of nitrogens with one attached hydrogen (secondary N) is 1. The molecule has 238 valence electrons. The Morgan fingerprint density at radius 2 is 1.50 bits per heavy atom. The van der Waals surface area contributed by atoms with Gasteiger partial charge in [0.15, 0.2) is 0 Å². The summed E-state index contributed by atoms with van der Waals surface area (Å²) in [7, 11) is 0. The minimum atomic E-state index is -4.88. The average molecular weight is 743 g/mol. The molecule has 4 aromatic rings. The van der Waals surface area contributed by atoms with E-state index in [9.17, 15) is 45.5 Å². The molecule has 3 atom stereocenters. The second-order valence-corrected chi connectivity index (χ2v) is 13.4. The zero-order valence-electron chi connectivity index (χ0n) is 22.9. The van der Waals surface area contributed by atoms with Gasteiger partial charge in [0.05, 0.1) is 33.4 Å². The number of benzene rings is 3. The molecule has 1 saturated heterocycles. The average Bonchev–Trinajstić information content (AvgIpc) is 3.42. The van der Waals surface area contributed by atoms with Gasteiger partial charge in [-0.25, -0.2) is 4.90 Å². The first-order chi connectivity index (χ1) is 21.7. The number of imide groups is 1. The Bertz CT molecular complexity index is 1960. The van der Waals surface area contributed by atoms with Gasteiger partial charge in [0.1, 0.15) is 11.8 Å². The molecule has 2 unspecified atom stereocenters. The number of anilines is 2. The molecule has 3 aromatic carbocycles. The smallest absolute Gasteiger partial charge is 0.324 e. The van der Waals surface area contributed by atoms with Crippen molar-refractivity contribution in [2.75, 3.05) is 10.2 Å². The minimum absolute atomic E-state index is 0.118. The number of alkyl halides is 6. The highest BCUT2D eigenvalue weighted by Gasteiger charge is 2.57. The van der Waals surface area contributed by atoms with E-state index in [1.807, 2.05) is 0 Å². The molecule has 7 nitrogen and oxygen atoms in total. The quantitative estimate of drug-likeness (QED) is 0.174. The molecular formula is C30H18BrF6N3O4S2. The van der Waals surface area contributed by atoms with E-state index in [4.69, 9.17) is 0 Å². The lowest BCUT2D eigenvalue weighted by Gasteiger charge is -2.30. The molecule has 3 amide bonds. The van der Waals surface area contributed by atoms with Crippen LogP contribution in [0.1, 0.15) is 27.5 Å². The largest absolute Gasteiger partial charge is 0.418 e. The van der Waals surface area contributed by atoms with Crippen molar-refractivity contribution in [3.63, 3.8) is 0 Å². The summed E-state index contributed by atoms with van der Waals surface area (Å²) in [5, 5.41) is 1.03.